The third-order valence-corrected chi connectivity index (χ3v) is 4.73. The first-order chi connectivity index (χ1) is 14.2. The maximum atomic E-state index is 8.64. The number of ether oxygens (including phenoxy) is 2. The van der Waals surface area contributed by atoms with E-state index in [0.717, 1.165) is 11.3 Å². The lowest BCUT2D eigenvalue weighted by Crippen LogP contribution is -2.18. The zero-order chi connectivity index (χ0) is 20.5. The topological polar surface area (TPSA) is 72.1 Å². The fourth-order valence-electron chi connectivity index (χ4n) is 3.01. The number of imidazole rings is 1. The van der Waals surface area contributed by atoms with Crippen molar-refractivity contribution in [3.63, 3.8) is 0 Å². The average Bonchev–Trinajstić information content (AvgIpc) is 3.30. The molecule has 0 aliphatic carbocycles. The summed E-state index contributed by atoms with van der Waals surface area (Å²) in [5, 5.41) is 12.2. The minimum absolute atomic E-state index is 0.203. The largest absolute Gasteiger partial charge is 0.493 e. The lowest BCUT2D eigenvalue weighted by Gasteiger charge is -2.16. The van der Waals surface area contributed by atoms with Crippen LogP contribution in [-0.4, -0.2) is 23.3 Å². The number of rotatable bonds is 10. The van der Waals surface area contributed by atoms with Crippen LogP contribution in [0.25, 0.3) is 5.69 Å². The van der Waals surface area contributed by atoms with Crippen molar-refractivity contribution < 1.29 is 9.47 Å². The molecule has 0 fully saturated rings. The van der Waals surface area contributed by atoms with E-state index in [-0.39, 0.29) is 6.04 Å². The standard InChI is InChI=1S/C23H26N4O2/c1-18(20-6-8-21(9-7-20)27-13-12-25-17-27)26-16-19-5-10-22(28-2)23(15-19)29-14-4-3-11-24/h5-10,12-13,15,17-18,26H,3-4,14,16H2,1-2H3. The quantitative estimate of drug-likeness (QED) is 0.519. The van der Waals surface area contributed by atoms with Crippen molar-refractivity contribution in [2.75, 3.05) is 13.7 Å². The minimum Gasteiger partial charge on any atom is -0.493 e. The van der Waals surface area contributed by atoms with Crippen molar-refractivity contribution in [3.05, 3.63) is 72.3 Å². The van der Waals surface area contributed by atoms with Crippen LogP contribution in [0.3, 0.4) is 0 Å². The molecule has 6 heteroatoms. The predicted molar refractivity (Wildman–Crippen MR) is 112 cm³/mol. The highest BCUT2D eigenvalue weighted by molar-refractivity contribution is 5.43. The Balaban J connectivity index is 1.59. The first-order valence-corrected chi connectivity index (χ1v) is 9.69. The van der Waals surface area contributed by atoms with Crippen LogP contribution in [0.4, 0.5) is 0 Å². The molecule has 1 N–H and O–H groups in total. The zero-order valence-corrected chi connectivity index (χ0v) is 16.8. The molecule has 1 unspecified atom stereocenters. The van der Waals surface area contributed by atoms with Crippen molar-refractivity contribution in [1.82, 2.24) is 14.9 Å². The van der Waals surface area contributed by atoms with Gasteiger partial charge in [-0.25, -0.2) is 4.98 Å². The Labute approximate surface area is 171 Å². The molecule has 0 radical (unpaired) electrons. The van der Waals surface area contributed by atoms with Crippen LogP contribution in [-0.2, 0) is 6.54 Å². The minimum atomic E-state index is 0.203. The van der Waals surface area contributed by atoms with Crippen molar-refractivity contribution >= 4 is 0 Å². The fourth-order valence-corrected chi connectivity index (χ4v) is 3.01. The van der Waals surface area contributed by atoms with E-state index in [1.165, 1.54) is 5.56 Å². The van der Waals surface area contributed by atoms with Crippen LogP contribution in [0.2, 0.25) is 0 Å². The van der Waals surface area contributed by atoms with Crippen molar-refractivity contribution in [2.24, 2.45) is 0 Å². The van der Waals surface area contributed by atoms with E-state index in [1.54, 1.807) is 19.6 Å². The SMILES string of the molecule is COc1ccc(CNC(C)c2ccc(-n3ccnc3)cc2)cc1OCCCC#N. The van der Waals surface area contributed by atoms with Gasteiger partial charge in [0.25, 0.3) is 0 Å². The lowest BCUT2D eigenvalue weighted by molar-refractivity contribution is 0.290. The van der Waals surface area contributed by atoms with Gasteiger partial charge in [-0.05, 0) is 48.7 Å². The Bertz CT molecular complexity index is 931. The van der Waals surface area contributed by atoms with Crippen LogP contribution >= 0.6 is 0 Å². The van der Waals surface area contributed by atoms with Gasteiger partial charge in [0, 0.05) is 37.1 Å². The first kappa shape index (κ1) is 20.4. The zero-order valence-electron chi connectivity index (χ0n) is 16.8. The third-order valence-electron chi connectivity index (χ3n) is 4.73. The molecule has 0 spiro atoms. The van der Waals surface area contributed by atoms with E-state index in [2.05, 4.69) is 47.6 Å². The Kier molecular flexibility index (Phi) is 7.26. The number of aromatic nitrogens is 2. The molecule has 3 rings (SSSR count). The summed E-state index contributed by atoms with van der Waals surface area (Å²) < 4.78 is 13.2. The van der Waals surface area contributed by atoms with E-state index in [4.69, 9.17) is 14.7 Å². The number of nitrogens with zero attached hydrogens (tertiary/aromatic N) is 3. The van der Waals surface area contributed by atoms with Crippen LogP contribution in [0.1, 0.15) is 36.9 Å². The van der Waals surface area contributed by atoms with E-state index in [9.17, 15) is 0 Å². The molecule has 0 saturated heterocycles. The highest BCUT2D eigenvalue weighted by Crippen LogP contribution is 2.28. The van der Waals surface area contributed by atoms with Gasteiger partial charge < -0.3 is 19.4 Å². The molecule has 3 aromatic rings. The smallest absolute Gasteiger partial charge is 0.161 e. The molecule has 0 bridgehead atoms. The van der Waals surface area contributed by atoms with Gasteiger partial charge >= 0.3 is 0 Å². The second kappa shape index (κ2) is 10.3. The van der Waals surface area contributed by atoms with Crippen molar-refractivity contribution in [3.8, 4) is 23.3 Å². The van der Waals surface area contributed by atoms with E-state index < -0.39 is 0 Å². The summed E-state index contributed by atoms with van der Waals surface area (Å²) in [4.78, 5) is 4.08. The summed E-state index contributed by atoms with van der Waals surface area (Å²) in [5.41, 5.74) is 3.42. The summed E-state index contributed by atoms with van der Waals surface area (Å²) in [5.74, 6) is 1.41. The highest BCUT2D eigenvalue weighted by Gasteiger charge is 2.09. The Morgan fingerprint density at radius 1 is 1.17 bits per heavy atom. The van der Waals surface area contributed by atoms with Crippen LogP contribution < -0.4 is 14.8 Å². The Morgan fingerprint density at radius 3 is 2.69 bits per heavy atom. The maximum Gasteiger partial charge on any atom is 0.161 e. The molecule has 150 valence electrons. The fraction of sp³-hybridized carbons (Fsp3) is 0.304. The van der Waals surface area contributed by atoms with Crippen LogP contribution in [0, 0.1) is 11.3 Å². The molecule has 6 nitrogen and oxygen atoms in total. The predicted octanol–water partition coefficient (Wildman–Crippen LogP) is 4.41. The molecular weight excluding hydrogens is 364 g/mol. The number of nitriles is 1. The normalized spacial score (nSPS) is 11.6. The number of methoxy groups -OCH3 is 1. The third kappa shape index (κ3) is 5.59. The van der Waals surface area contributed by atoms with Crippen molar-refractivity contribution in [2.45, 2.75) is 32.4 Å². The molecule has 1 aromatic heterocycles. The monoisotopic (exact) mass is 390 g/mol. The van der Waals surface area contributed by atoms with E-state index in [1.807, 2.05) is 29.0 Å². The molecule has 29 heavy (non-hydrogen) atoms. The number of benzene rings is 2. The highest BCUT2D eigenvalue weighted by atomic mass is 16.5. The summed E-state index contributed by atoms with van der Waals surface area (Å²) in [6.07, 6.45) is 6.68. The van der Waals surface area contributed by atoms with Gasteiger partial charge in [0.2, 0.25) is 0 Å². The summed E-state index contributed by atoms with van der Waals surface area (Å²) in [6.45, 7) is 3.36. The number of hydrogen-bond acceptors (Lipinski definition) is 5. The second-order valence-electron chi connectivity index (χ2n) is 6.76. The molecule has 2 aromatic carbocycles. The van der Waals surface area contributed by atoms with Gasteiger partial charge in [0.1, 0.15) is 0 Å². The Hall–Kier alpha value is -3.30. The molecule has 0 saturated carbocycles. The van der Waals surface area contributed by atoms with Gasteiger partial charge in [-0.2, -0.15) is 5.26 Å². The van der Waals surface area contributed by atoms with Crippen molar-refractivity contribution in [1.29, 1.82) is 5.26 Å². The van der Waals surface area contributed by atoms with Crippen LogP contribution in [0.15, 0.2) is 61.2 Å². The average molecular weight is 390 g/mol. The van der Waals surface area contributed by atoms with E-state index >= 15 is 0 Å². The number of unbranched alkanes of at least 4 members (excludes halogenated alkanes) is 1. The summed E-state index contributed by atoms with van der Waals surface area (Å²) in [7, 11) is 1.63. The molecule has 0 amide bonds. The molecule has 0 aliphatic rings. The molecule has 0 aliphatic heterocycles. The van der Waals surface area contributed by atoms with E-state index in [0.29, 0.717) is 37.5 Å². The number of nitrogens with one attached hydrogen (secondary N) is 1. The molecular formula is C23H26N4O2. The van der Waals surface area contributed by atoms with Gasteiger partial charge in [-0.1, -0.05) is 18.2 Å². The molecule has 1 atom stereocenters. The Morgan fingerprint density at radius 2 is 2.00 bits per heavy atom. The number of hydrogen-bond donors (Lipinski definition) is 1. The summed E-state index contributed by atoms with van der Waals surface area (Å²) >= 11 is 0. The van der Waals surface area contributed by atoms with Gasteiger partial charge in [0.15, 0.2) is 11.5 Å². The summed E-state index contributed by atoms with van der Waals surface area (Å²) in [6, 6.07) is 16.7. The van der Waals surface area contributed by atoms with Gasteiger partial charge in [-0.3, -0.25) is 0 Å². The van der Waals surface area contributed by atoms with Crippen LogP contribution in [0.5, 0.6) is 11.5 Å². The first-order valence-electron chi connectivity index (χ1n) is 9.69. The van der Waals surface area contributed by atoms with Gasteiger partial charge in [0.05, 0.1) is 26.1 Å². The van der Waals surface area contributed by atoms with Gasteiger partial charge in [-0.15, -0.1) is 0 Å². The molecule has 1 heterocycles. The maximum absolute atomic E-state index is 8.64. The second-order valence-corrected chi connectivity index (χ2v) is 6.76. The lowest BCUT2D eigenvalue weighted by atomic mass is 10.1.